The van der Waals surface area contributed by atoms with Crippen LogP contribution in [0.25, 0.3) is 0 Å². The molecule has 1 atom stereocenters. The van der Waals surface area contributed by atoms with Crippen molar-refractivity contribution in [2.45, 2.75) is 19.4 Å². The van der Waals surface area contributed by atoms with E-state index in [4.69, 9.17) is 16.6 Å². The zero-order chi connectivity index (χ0) is 12.5. The van der Waals surface area contributed by atoms with Crippen LogP contribution in [0.4, 0.5) is 0 Å². The molecule has 0 fully saturated rings. The Balaban J connectivity index is 1.67. The molecular weight excluding hydrogens is 264 g/mol. The Hall–Kier alpha value is -0.930. The highest BCUT2D eigenvalue weighted by molar-refractivity contribution is 8.16. The second kappa shape index (κ2) is 4.98. The monoisotopic (exact) mass is 278 g/mol. The molecule has 1 aromatic rings. The summed E-state index contributed by atoms with van der Waals surface area (Å²) in [5.74, 6) is 0.573. The van der Waals surface area contributed by atoms with E-state index in [0.29, 0.717) is 11.9 Å². The molecule has 1 unspecified atom stereocenters. The van der Waals surface area contributed by atoms with Crippen molar-refractivity contribution in [2.75, 3.05) is 12.4 Å². The molecule has 2 aliphatic rings. The molecule has 94 valence electrons. The molecule has 0 radical (unpaired) electrons. The number of hydrogen-bond acceptors (Lipinski definition) is 3. The van der Waals surface area contributed by atoms with E-state index >= 15 is 0 Å². The predicted octanol–water partition coefficient (Wildman–Crippen LogP) is 3.40. The molecule has 0 saturated carbocycles. The lowest BCUT2D eigenvalue weighted by Crippen LogP contribution is -2.25. The number of rotatable bonds is 3. The number of aliphatic imine (C=N–C) groups is 1. The third-order valence-corrected chi connectivity index (χ3v) is 4.49. The SMILES string of the molecule is Cc1ccc(CC2CN3C(CCl)=CSC3=N2)cc1. The summed E-state index contributed by atoms with van der Waals surface area (Å²) in [6, 6.07) is 9.09. The summed E-state index contributed by atoms with van der Waals surface area (Å²) in [7, 11) is 0. The zero-order valence-corrected chi connectivity index (χ0v) is 11.8. The highest BCUT2D eigenvalue weighted by Crippen LogP contribution is 2.32. The van der Waals surface area contributed by atoms with E-state index in [0.717, 1.165) is 18.1 Å². The topological polar surface area (TPSA) is 15.6 Å². The zero-order valence-electron chi connectivity index (χ0n) is 10.3. The molecule has 1 aromatic carbocycles. The minimum absolute atomic E-state index is 0.363. The number of alkyl halides is 1. The van der Waals surface area contributed by atoms with Gasteiger partial charge >= 0.3 is 0 Å². The van der Waals surface area contributed by atoms with E-state index in [2.05, 4.69) is 41.5 Å². The largest absolute Gasteiger partial charge is 0.321 e. The quantitative estimate of drug-likeness (QED) is 0.788. The summed E-state index contributed by atoms with van der Waals surface area (Å²) in [5.41, 5.74) is 3.85. The number of allylic oxidation sites excluding steroid dienone is 1. The maximum Gasteiger partial charge on any atom is 0.168 e. The van der Waals surface area contributed by atoms with Crippen molar-refractivity contribution in [3.63, 3.8) is 0 Å². The number of amidine groups is 1. The van der Waals surface area contributed by atoms with E-state index < -0.39 is 0 Å². The highest BCUT2D eigenvalue weighted by atomic mass is 35.5. The summed E-state index contributed by atoms with van der Waals surface area (Å²) in [5, 5.41) is 3.22. The van der Waals surface area contributed by atoms with Gasteiger partial charge in [-0.15, -0.1) is 11.6 Å². The van der Waals surface area contributed by atoms with Gasteiger partial charge in [0.2, 0.25) is 0 Å². The van der Waals surface area contributed by atoms with Gasteiger partial charge in [0.15, 0.2) is 5.17 Å². The van der Waals surface area contributed by atoms with Crippen molar-refractivity contribution in [1.82, 2.24) is 4.90 Å². The van der Waals surface area contributed by atoms with Gasteiger partial charge in [-0.25, -0.2) is 0 Å². The fourth-order valence-electron chi connectivity index (χ4n) is 2.28. The molecule has 4 heteroatoms. The molecule has 0 spiro atoms. The molecule has 0 saturated heterocycles. The normalized spacial score (nSPS) is 21.9. The molecule has 2 aliphatic heterocycles. The van der Waals surface area contributed by atoms with Gasteiger partial charge in [-0.3, -0.25) is 4.99 Å². The van der Waals surface area contributed by atoms with Crippen molar-refractivity contribution >= 4 is 28.5 Å². The van der Waals surface area contributed by atoms with Crippen LogP contribution < -0.4 is 0 Å². The molecule has 0 N–H and O–H groups in total. The van der Waals surface area contributed by atoms with Gasteiger partial charge in [0.05, 0.1) is 11.9 Å². The summed E-state index contributed by atoms with van der Waals surface area (Å²) in [4.78, 5) is 7.01. The third-order valence-electron chi connectivity index (χ3n) is 3.29. The average molecular weight is 279 g/mol. The number of hydrogen-bond donors (Lipinski definition) is 0. The van der Waals surface area contributed by atoms with Crippen molar-refractivity contribution in [1.29, 1.82) is 0 Å². The van der Waals surface area contributed by atoms with Gasteiger partial charge in [0.25, 0.3) is 0 Å². The molecule has 0 aliphatic carbocycles. The Bertz CT molecular complexity index is 507. The van der Waals surface area contributed by atoms with Gasteiger partial charge < -0.3 is 4.90 Å². The van der Waals surface area contributed by atoms with Crippen LogP contribution in [0, 0.1) is 6.92 Å². The summed E-state index contributed by atoms with van der Waals surface area (Å²) in [6.45, 7) is 3.08. The Morgan fingerprint density at radius 3 is 2.89 bits per heavy atom. The van der Waals surface area contributed by atoms with Crippen molar-refractivity contribution in [3.8, 4) is 0 Å². The summed E-state index contributed by atoms with van der Waals surface area (Å²) < 4.78 is 0. The van der Waals surface area contributed by atoms with Crippen LogP contribution in [-0.2, 0) is 6.42 Å². The minimum Gasteiger partial charge on any atom is -0.321 e. The second-order valence-electron chi connectivity index (χ2n) is 4.73. The van der Waals surface area contributed by atoms with Crippen molar-refractivity contribution < 1.29 is 0 Å². The van der Waals surface area contributed by atoms with Crippen LogP contribution in [0.2, 0.25) is 0 Å². The van der Waals surface area contributed by atoms with Gasteiger partial charge in [-0.05, 0) is 24.3 Å². The Kier molecular flexibility index (Phi) is 3.35. The molecule has 0 bridgehead atoms. The number of nitrogens with zero attached hydrogens (tertiary/aromatic N) is 2. The van der Waals surface area contributed by atoms with Crippen molar-refractivity contribution in [2.24, 2.45) is 4.99 Å². The number of aryl methyl sites for hydroxylation is 1. The first-order chi connectivity index (χ1) is 8.76. The smallest absolute Gasteiger partial charge is 0.168 e. The standard InChI is InChI=1S/C14H15ClN2S/c1-10-2-4-11(5-3-10)6-12-8-17-13(7-15)9-18-14(17)16-12/h2-5,9,12H,6-8H2,1H3. The van der Waals surface area contributed by atoms with Gasteiger partial charge in [-0.1, -0.05) is 41.6 Å². The maximum atomic E-state index is 5.92. The Morgan fingerprint density at radius 1 is 1.39 bits per heavy atom. The number of thioether (sulfide) groups is 1. The number of benzene rings is 1. The first-order valence-electron chi connectivity index (χ1n) is 6.09. The lowest BCUT2D eigenvalue weighted by Gasteiger charge is -2.16. The third kappa shape index (κ3) is 2.29. The van der Waals surface area contributed by atoms with E-state index in [1.807, 2.05) is 0 Å². The van der Waals surface area contributed by atoms with E-state index in [1.54, 1.807) is 11.8 Å². The first kappa shape index (κ1) is 12.1. The van der Waals surface area contributed by atoms with Crippen LogP contribution >= 0.6 is 23.4 Å². The average Bonchev–Trinajstić information content (AvgIpc) is 2.91. The van der Waals surface area contributed by atoms with Crippen LogP contribution in [0.3, 0.4) is 0 Å². The van der Waals surface area contributed by atoms with E-state index in [1.165, 1.54) is 16.8 Å². The molecule has 2 nitrogen and oxygen atoms in total. The van der Waals surface area contributed by atoms with Gasteiger partial charge in [0.1, 0.15) is 0 Å². The van der Waals surface area contributed by atoms with Crippen LogP contribution in [0.5, 0.6) is 0 Å². The molecule has 2 heterocycles. The predicted molar refractivity (Wildman–Crippen MR) is 79.2 cm³/mol. The number of halogens is 1. The van der Waals surface area contributed by atoms with Crippen LogP contribution in [-0.4, -0.2) is 28.5 Å². The second-order valence-corrected chi connectivity index (χ2v) is 5.83. The minimum atomic E-state index is 0.363. The van der Waals surface area contributed by atoms with Crippen LogP contribution in [0.1, 0.15) is 11.1 Å². The molecule has 3 rings (SSSR count). The first-order valence-corrected chi connectivity index (χ1v) is 7.50. The van der Waals surface area contributed by atoms with Gasteiger partial charge in [-0.2, -0.15) is 0 Å². The summed E-state index contributed by atoms with van der Waals surface area (Å²) >= 11 is 7.61. The van der Waals surface area contributed by atoms with Crippen LogP contribution in [0.15, 0.2) is 40.4 Å². The Morgan fingerprint density at radius 2 is 2.17 bits per heavy atom. The van der Waals surface area contributed by atoms with Crippen molar-refractivity contribution in [3.05, 3.63) is 46.5 Å². The number of fused-ring (bicyclic) bond motifs is 1. The van der Waals surface area contributed by atoms with Gasteiger partial charge in [0, 0.05) is 12.2 Å². The van der Waals surface area contributed by atoms with E-state index in [-0.39, 0.29) is 0 Å². The molecule has 0 amide bonds. The maximum absolute atomic E-state index is 5.92. The fraction of sp³-hybridized carbons (Fsp3) is 0.357. The molecular formula is C14H15ClN2S. The highest BCUT2D eigenvalue weighted by Gasteiger charge is 2.31. The lowest BCUT2D eigenvalue weighted by atomic mass is 10.1. The lowest BCUT2D eigenvalue weighted by molar-refractivity contribution is 0.511. The fourth-order valence-corrected chi connectivity index (χ4v) is 3.58. The Labute approximate surface area is 117 Å². The van der Waals surface area contributed by atoms with E-state index in [9.17, 15) is 0 Å². The molecule has 0 aromatic heterocycles. The molecule has 18 heavy (non-hydrogen) atoms. The summed E-state index contributed by atoms with van der Waals surface area (Å²) in [6.07, 6.45) is 1.01.